The Balaban J connectivity index is 1.67. The van der Waals surface area contributed by atoms with Crippen molar-refractivity contribution in [2.75, 3.05) is 19.0 Å². The molecule has 2 aliphatic rings. The van der Waals surface area contributed by atoms with Crippen molar-refractivity contribution in [3.8, 4) is 5.75 Å². The third-order valence-corrected chi connectivity index (χ3v) is 6.49. The Kier molecular flexibility index (Phi) is 5.09. The first-order valence-corrected chi connectivity index (χ1v) is 10.9. The lowest BCUT2D eigenvalue weighted by Gasteiger charge is -2.17. The van der Waals surface area contributed by atoms with Crippen LogP contribution in [0.15, 0.2) is 24.5 Å². The number of nitrogens with one attached hydrogen (secondary N) is 2. The summed E-state index contributed by atoms with van der Waals surface area (Å²) >= 11 is 12.4. The van der Waals surface area contributed by atoms with E-state index in [1.54, 1.807) is 7.11 Å². The van der Waals surface area contributed by atoms with E-state index in [9.17, 15) is 4.79 Å². The van der Waals surface area contributed by atoms with Crippen LogP contribution >= 0.6 is 23.2 Å². The van der Waals surface area contributed by atoms with Crippen molar-refractivity contribution in [3.63, 3.8) is 0 Å². The predicted octanol–water partition coefficient (Wildman–Crippen LogP) is 4.66. The second-order valence-corrected chi connectivity index (χ2v) is 8.69. The van der Waals surface area contributed by atoms with Gasteiger partial charge in [-0.3, -0.25) is 9.78 Å². The molecule has 3 aromatic rings. The van der Waals surface area contributed by atoms with Gasteiger partial charge in [0.25, 0.3) is 5.91 Å². The molecule has 0 spiro atoms. The molecule has 0 bridgehead atoms. The summed E-state index contributed by atoms with van der Waals surface area (Å²) in [6.07, 6.45) is 6.38. The molecule has 1 aliphatic heterocycles. The fourth-order valence-electron chi connectivity index (χ4n) is 4.31. The molecule has 5 rings (SSSR count). The molecule has 6 nitrogen and oxygen atoms in total. The number of amides is 1. The molecule has 1 fully saturated rings. The van der Waals surface area contributed by atoms with Gasteiger partial charge < -0.3 is 19.9 Å². The molecular weight excluding hydrogens is 423 g/mol. The number of anilines is 1. The zero-order valence-corrected chi connectivity index (χ0v) is 18.1. The van der Waals surface area contributed by atoms with Crippen molar-refractivity contribution in [1.29, 1.82) is 0 Å². The van der Waals surface area contributed by atoms with Crippen molar-refractivity contribution < 1.29 is 9.53 Å². The molecule has 2 aromatic heterocycles. The molecule has 1 amide bonds. The van der Waals surface area contributed by atoms with Gasteiger partial charge in [-0.15, -0.1) is 0 Å². The van der Waals surface area contributed by atoms with E-state index in [-0.39, 0.29) is 5.91 Å². The Labute approximate surface area is 184 Å². The quantitative estimate of drug-likeness (QED) is 0.600. The minimum Gasteiger partial charge on any atom is -0.495 e. The van der Waals surface area contributed by atoms with Crippen LogP contribution < -0.4 is 15.4 Å². The number of hydrogen-bond acceptors (Lipinski definition) is 4. The predicted molar refractivity (Wildman–Crippen MR) is 119 cm³/mol. The summed E-state index contributed by atoms with van der Waals surface area (Å²) in [5.74, 6) is 1.24. The van der Waals surface area contributed by atoms with Crippen LogP contribution in [0.25, 0.3) is 10.9 Å². The molecule has 8 heteroatoms. The number of carbonyl (C=O) groups excluding carboxylic acids is 1. The van der Waals surface area contributed by atoms with Crippen LogP contribution in [-0.2, 0) is 19.5 Å². The number of carbonyl (C=O) groups is 1. The Morgan fingerprint density at radius 2 is 2.07 bits per heavy atom. The Hall–Kier alpha value is -2.28. The fraction of sp³-hybridized carbons (Fsp3) is 0.364. The van der Waals surface area contributed by atoms with Gasteiger partial charge in [0.1, 0.15) is 5.75 Å². The maximum Gasteiger partial charge on any atom is 0.256 e. The molecule has 0 unspecified atom stereocenters. The Morgan fingerprint density at radius 1 is 1.30 bits per heavy atom. The smallest absolute Gasteiger partial charge is 0.256 e. The molecule has 0 saturated heterocycles. The fourth-order valence-corrected chi connectivity index (χ4v) is 4.77. The number of hydrogen-bond donors (Lipinski definition) is 2. The molecule has 1 aliphatic carbocycles. The van der Waals surface area contributed by atoms with Gasteiger partial charge in [0.05, 0.1) is 28.4 Å². The Bertz CT molecular complexity index is 1130. The molecule has 3 heterocycles. The first kappa shape index (κ1) is 19.7. The minimum absolute atomic E-state index is 0.255. The Morgan fingerprint density at radius 3 is 2.77 bits per heavy atom. The van der Waals surface area contributed by atoms with Crippen molar-refractivity contribution in [1.82, 2.24) is 14.9 Å². The molecule has 1 saturated carbocycles. The maximum absolute atomic E-state index is 13.3. The largest absolute Gasteiger partial charge is 0.495 e. The average molecular weight is 445 g/mol. The molecule has 2 N–H and O–H groups in total. The van der Waals surface area contributed by atoms with Crippen molar-refractivity contribution in [3.05, 3.63) is 51.4 Å². The molecule has 156 valence electrons. The van der Waals surface area contributed by atoms with E-state index in [2.05, 4.69) is 20.2 Å². The molecule has 1 aromatic carbocycles. The van der Waals surface area contributed by atoms with Gasteiger partial charge in [-0.2, -0.15) is 0 Å². The van der Waals surface area contributed by atoms with Crippen LogP contribution in [-0.4, -0.2) is 29.1 Å². The topological polar surface area (TPSA) is 68.2 Å². The third kappa shape index (κ3) is 3.33. The maximum atomic E-state index is 13.3. The highest BCUT2D eigenvalue weighted by atomic mass is 35.5. The van der Waals surface area contributed by atoms with Crippen LogP contribution in [0.3, 0.4) is 0 Å². The number of pyridine rings is 1. The number of benzene rings is 1. The number of halogens is 2. The van der Waals surface area contributed by atoms with Gasteiger partial charge in [0.15, 0.2) is 0 Å². The van der Waals surface area contributed by atoms with Crippen molar-refractivity contribution in [2.45, 2.75) is 32.4 Å². The highest BCUT2D eigenvalue weighted by molar-refractivity contribution is 6.39. The SMILES string of the molecule is COc1ccc(C(=O)Nc2c(Cl)cncc2Cl)c2c3c(n(CC4CC4)c12)CCNC3. The summed E-state index contributed by atoms with van der Waals surface area (Å²) < 4.78 is 8.10. The first-order valence-electron chi connectivity index (χ1n) is 10.1. The van der Waals surface area contributed by atoms with E-state index in [0.29, 0.717) is 27.2 Å². The number of nitrogens with zero attached hydrogens (tertiary/aromatic N) is 2. The molecular formula is C22H22Cl2N4O2. The standard InChI is InChI=1S/C22H22Cl2N4O2/c1-30-18-5-4-13(22(29)27-20-15(23)9-26-10-16(20)24)19-14-8-25-7-6-17(14)28(21(18)19)11-12-2-3-12/h4-5,9-10,12,25H,2-3,6-8,11H2,1H3,(H,26,27,29). The van der Waals surface area contributed by atoms with Gasteiger partial charge in [-0.25, -0.2) is 0 Å². The van der Waals surface area contributed by atoms with Crippen molar-refractivity contribution >= 4 is 45.7 Å². The van der Waals surface area contributed by atoms with E-state index >= 15 is 0 Å². The van der Waals surface area contributed by atoms with Crippen LogP contribution in [0.4, 0.5) is 5.69 Å². The average Bonchev–Trinajstić information content (AvgIpc) is 3.52. The summed E-state index contributed by atoms with van der Waals surface area (Å²) in [5.41, 5.74) is 4.43. The van der Waals surface area contributed by atoms with Crippen molar-refractivity contribution in [2.24, 2.45) is 5.92 Å². The van der Waals surface area contributed by atoms with Gasteiger partial charge in [-0.1, -0.05) is 23.2 Å². The highest BCUT2D eigenvalue weighted by Gasteiger charge is 2.30. The summed E-state index contributed by atoms with van der Waals surface area (Å²) in [4.78, 5) is 17.3. The monoisotopic (exact) mass is 444 g/mol. The van der Waals surface area contributed by atoms with E-state index in [4.69, 9.17) is 27.9 Å². The molecule has 30 heavy (non-hydrogen) atoms. The van der Waals surface area contributed by atoms with E-state index in [0.717, 1.165) is 42.7 Å². The lowest BCUT2D eigenvalue weighted by Crippen LogP contribution is -2.25. The van der Waals surface area contributed by atoms with Crippen LogP contribution in [0.5, 0.6) is 5.75 Å². The number of fused-ring (bicyclic) bond motifs is 3. The lowest BCUT2D eigenvalue weighted by atomic mass is 10.0. The summed E-state index contributed by atoms with van der Waals surface area (Å²) in [5, 5.41) is 7.87. The third-order valence-electron chi connectivity index (χ3n) is 5.92. The number of methoxy groups -OCH3 is 1. The second-order valence-electron chi connectivity index (χ2n) is 7.88. The first-order chi connectivity index (χ1) is 14.6. The van der Waals surface area contributed by atoms with Crippen LogP contribution in [0.2, 0.25) is 10.0 Å². The van der Waals surface area contributed by atoms with Gasteiger partial charge in [0.2, 0.25) is 0 Å². The second kappa shape index (κ2) is 7.76. The summed E-state index contributed by atoms with van der Waals surface area (Å²) in [7, 11) is 1.68. The van der Waals surface area contributed by atoms with Gasteiger partial charge in [-0.05, 0) is 36.5 Å². The number of aromatic nitrogens is 2. The van der Waals surface area contributed by atoms with Gasteiger partial charge >= 0.3 is 0 Å². The normalized spacial score (nSPS) is 15.8. The minimum atomic E-state index is -0.255. The highest BCUT2D eigenvalue weighted by Crippen LogP contribution is 2.41. The molecule has 0 atom stereocenters. The van der Waals surface area contributed by atoms with E-state index in [1.807, 2.05) is 12.1 Å². The molecule has 0 radical (unpaired) electrons. The van der Waals surface area contributed by atoms with Gasteiger partial charge in [0, 0.05) is 55.1 Å². The summed E-state index contributed by atoms with van der Waals surface area (Å²) in [6, 6.07) is 3.69. The zero-order chi connectivity index (χ0) is 20.8. The van der Waals surface area contributed by atoms with Crippen LogP contribution in [0, 0.1) is 5.92 Å². The zero-order valence-electron chi connectivity index (χ0n) is 16.6. The number of ether oxygens (including phenoxy) is 1. The van der Waals surface area contributed by atoms with Crippen LogP contribution in [0.1, 0.15) is 34.5 Å². The van der Waals surface area contributed by atoms with E-state index in [1.165, 1.54) is 36.5 Å². The lowest BCUT2D eigenvalue weighted by molar-refractivity contribution is 0.102. The van der Waals surface area contributed by atoms with E-state index < -0.39 is 0 Å². The summed E-state index contributed by atoms with van der Waals surface area (Å²) in [6.45, 7) is 2.63. The number of rotatable bonds is 5.